The van der Waals surface area contributed by atoms with Gasteiger partial charge in [0.1, 0.15) is 5.82 Å². The molecule has 2 aromatic rings. The molecule has 0 saturated heterocycles. The lowest BCUT2D eigenvalue weighted by atomic mass is 10.0. The number of carbonyl (C=O) groups excluding carboxylic acids is 1. The number of hydrogen-bond acceptors (Lipinski definition) is 2. The number of amides is 1. The summed E-state index contributed by atoms with van der Waals surface area (Å²) in [6, 6.07) is 12.1. The Kier molecular flexibility index (Phi) is 4.49. The Balaban J connectivity index is 1.83. The molecule has 1 atom stereocenters. The first-order valence-corrected chi connectivity index (χ1v) is 8.68. The van der Waals surface area contributed by atoms with Crippen molar-refractivity contribution in [3.63, 3.8) is 0 Å². The summed E-state index contributed by atoms with van der Waals surface area (Å²) in [6.07, 6.45) is 0.816. The molecular weight excluding hydrogens is 400 g/mol. The maximum Gasteiger partial charge on any atom is 0.251 e. The van der Waals surface area contributed by atoms with E-state index in [1.54, 1.807) is 23.9 Å². The molecule has 3 rings (SSSR count). The van der Waals surface area contributed by atoms with Gasteiger partial charge in [-0.2, -0.15) is 0 Å². The summed E-state index contributed by atoms with van der Waals surface area (Å²) in [4.78, 5) is 13.4. The molecule has 0 aromatic heterocycles. The van der Waals surface area contributed by atoms with Crippen LogP contribution in [-0.2, 0) is 0 Å². The largest absolute Gasteiger partial charge is 0.345 e. The van der Waals surface area contributed by atoms with Gasteiger partial charge >= 0.3 is 0 Å². The highest BCUT2D eigenvalue weighted by molar-refractivity contribution is 14.1. The van der Waals surface area contributed by atoms with Crippen LogP contribution >= 0.6 is 34.4 Å². The number of carbonyl (C=O) groups is 1. The Morgan fingerprint density at radius 2 is 2.14 bits per heavy atom. The third-order valence-electron chi connectivity index (χ3n) is 3.40. The summed E-state index contributed by atoms with van der Waals surface area (Å²) in [5.41, 5.74) is 1.52. The van der Waals surface area contributed by atoms with Crippen molar-refractivity contribution < 1.29 is 9.18 Å². The average molecular weight is 413 g/mol. The highest BCUT2D eigenvalue weighted by Gasteiger charge is 2.23. The lowest BCUT2D eigenvalue weighted by molar-refractivity contribution is 0.0935. The number of fused-ring (bicyclic) bond motifs is 1. The van der Waals surface area contributed by atoms with E-state index >= 15 is 0 Å². The zero-order valence-electron chi connectivity index (χ0n) is 11.1. The van der Waals surface area contributed by atoms with E-state index in [2.05, 4.69) is 27.9 Å². The normalized spacial score (nSPS) is 17.1. The second kappa shape index (κ2) is 6.36. The van der Waals surface area contributed by atoms with Crippen LogP contribution in [-0.4, -0.2) is 11.7 Å². The van der Waals surface area contributed by atoms with Crippen LogP contribution < -0.4 is 5.32 Å². The van der Waals surface area contributed by atoms with Crippen molar-refractivity contribution in [1.82, 2.24) is 5.32 Å². The van der Waals surface area contributed by atoms with Gasteiger partial charge in [0, 0.05) is 19.8 Å². The lowest BCUT2D eigenvalue weighted by Crippen LogP contribution is -2.30. The van der Waals surface area contributed by atoms with Crippen LogP contribution in [0, 0.1) is 9.39 Å². The molecule has 0 bridgehead atoms. The van der Waals surface area contributed by atoms with Crippen LogP contribution in [0.25, 0.3) is 0 Å². The van der Waals surface area contributed by atoms with Gasteiger partial charge in [-0.3, -0.25) is 4.79 Å². The van der Waals surface area contributed by atoms with Crippen LogP contribution in [0.1, 0.15) is 28.4 Å². The van der Waals surface area contributed by atoms with E-state index in [-0.39, 0.29) is 17.8 Å². The van der Waals surface area contributed by atoms with Crippen LogP contribution in [0.3, 0.4) is 0 Å². The Labute approximate surface area is 140 Å². The van der Waals surface area contributed by atoms with Gasteiger partial charge in [0.15, 0.2) is 0 Å². The molecular formula is C16H13FINOS. The second-order valence-electron chi connectivity index (χ2n) is 4.86. The molecule has 2 aromatic carbocycles. The van der Waals surface area contributed by atoms with E-state index in [9.17, 15) is 9.18 Å². The molecule has 0 radical (unpaired) electrons. The van der Waals surface area contributed by atoms with Gasteiger partial charge in [-0.1, -0.05) is 6.07 Å². The number of halogens is 2. The molecule has 1 heterocycles. The molecule has 1 aliphatic rings. The molecule has 0 spiro atoms. The number of thioether (sulfide) groups is 1. The Hall–Kier alpha value is -1.08. The van der Waals surface area contributed by atoms with Gasteiger partial charge in [-0.05, 0) is 71.0 Å². The summed E-state index contributed by atoms with van der Waals surface area (Å²) < 4.78 is 14.5. The van der Waals surface area contributed by atoms with Crippen molar-refractivity contribution in [2.24, 2.45) is 0 Å². The van der Waals surface area contributed by atoms with Crippen molar-refractivity contribution in [1.29, 1.82) is 0 Å². The first-order chi connectivity index (χ1) is 10.1. The van der Waals surface area contributed by atoms with Gasteiger partial charge in [-0.15, -0.1) is 11.8 Å². The van der Waals surface area contributed by atoms with E-state index in [1.165, 1.54) is 12.1 Å². The van der Waals surface area contributed by atoms with Crippen LogP contribution in [0.5, 0.6) is 0 Å². The Bertz CT molecular complexity index is 692. The summed E-state index contributed by atoms with van der Waals surface area (Å²) in [5.74, 6) is 0.556. The fourth-order valence-corrected chi connectivity index (χ4v) is 4.04. The molecule has 21 heavy (non-hydrogen) atoms. The third kappa shape index (κ3) is 3.40. The maximum atomic E-state index is 13.5. The number of rotatable bonds is 2. The minimum absolute atomic E-state index is 0.111. The zero-order valence-corrected chi connectivity index (χ0v) is 14.1. The maximum absolute atomic E-state index is 13.5. The SMILES string of the molecule is O=C(NC1CCSc2ccc(F)cc21)c1cccc(I)c1. The fraction of sp³-hybridized carbons (Fsp3) is 0.188. The van der Waals surface area contributed by atoms with Crippen molar-refractivity contribution in [3.8, 4) is 0 Å². The lowest BCUT2D eigenvalue weighted by Gasteiger charge is -2.26. The number of hydrogen-bond donors (Lipinski definition) is 1. The first kappa shape index (κ1) is 14.8. The van der Waals surface area contributed by atoms with Gasteiger partial charge in [-0.25, -0.2) is 4.39 Å². The molecule has 1 aliphatic heterocycles. The quantitative estimate of drug-likeness (QED) is 0.740. The van der Waals surface area contributed by atoms with E-state index in [0.29, 0.717) is 5.56 Å². The fourth-order valence-electron chi connectivity index (χ4n) is 2.39. The summed E-state index contributed by atoms with van der Waals surface area (Å²) >= 11 is 3.89. The highest BCUT2D eigenvalue weighted by atomic mass is 127. The standard InChI is InChI=1S/C16H13FINOS/c17-11-4-5-15-13(9-11)14(6-7-21-15)19-16(20)10-2-1-3-12(18)8-10/h1-5,8-9,14H,6-7H2,(H,19,20). The Morgan fingerprint density at radius 3 is 2.95 bits per heavy atom. The van der Waals surface area contributed by atoms with Crippen molar-refractivity contribution in [3.05, 3.63) is 63.0 Å². The molecule has 1 unspecified atom stereocenters. The van der Waals surface area contributed by atoms with E-state index in [1.807, 2.05) is 18.2 Å². The highest BCUT2D eigenvalue weighted by Crippen LogP contribution is 2.36. The average Bonchev–Trinajstić information content (AvgIpc) is 2.48. The molecule has 1 amide bonds. The van der Waals surface area contributed by atoms with Crippen molar-refractivity contribution in [2.45, 2.75) is 17.4 Å². The molecule has 5 heteroatoms. The van der Waals surface area contributed by atoms with E-state index in [4.69, 9.17) is 0 Å². The smallest absolute Gasteiger partial charge is 0.251 e. The minimum Gasteiger partial charge on any atom is -0.345 e. The van der Waals surface area contributed by atoms with Gasteiger partial charge in [0.25, 0.3) is 5.91 Å². The molecule has 1 N–H and O–H groups in total. The Morgan fingerprint density at radius 1 is 1.29 bits per heavy atom. The van der Waals surface area contributed by atoms with Crippen molar-refractivity contribution in [2.75, 3.05) is 5.75 Å². The molecule has 108 valence electrons. The van der Waals surface area contributed by atoms with Crippen LogP contribution in [0.15, 0.2) is 47.4 Å². The second-order valence-corrected chi connectivity index (χ2v) is 7.24. The summed E-state index contributed by atoms with van der Waals surface area (Å²) in [7, 11) is 0. The predicted octanol–water partition coefficient (Wildman–Crippen LogP) is 4.40. The van der Waals surface area contributed by atoms with Gasteiger partial charge < -0.3 is 5.32 Å². The van der Waals surface area contributed by atoms with Crippen LogP contribution in [0.4, 0.5) is 4.39 Å². The monoisotopic (exact) mass is 413 g/mol. The molecule has 2 nitrogen and oxygen atoms in total. The zero-order chi connectivity index (χ0) is 14.8. The topological polar surface area (TPSA) is 29.1 Å². The van der Waals surface area contributed by atoms with Crippen molar-refractivity contribution >= 4 is 40.3 Å². The molecule has 0 fully saturated rings. The number of nitrogens with one attached hydrogen (secondary N) is 1. The van der Waals surface area contributed by atoms with E-state index < -0.39 is 0 Å². The summed E-state index contributed by atoms with van der Waals surface area (Å²) in [5, 5.41) is 3.02. The number of benzene rings is 2. The minimum atomic E-state index is -0.259. The van der Waals surface area contributed by atoms with Gasteiger partial charge in [0.05, 0.1) is 6.04 Å². The van der Waals surface area contributed by atoms with E-state index in [0.717, 1.165) is 26.2 Å². The third-order valence-corrected chi connectivity index (χ3v) is 5.20. The van der Waals surface area contributed by atoms with Gasteiger partial charge in [0.2, 0.25) is 0 Å². The van der Waals surface area contributed by atoms with Crippen LogP contribution in [0.2, 0.25) is 0 Å². The molecule has 0 saturated carbocycles. The predicted molar refractivity (Wildman–Crippen MR) is 91.1 cm³/mol. The summed E-state index contributed by atoms with van der Waals surface area (Å²) in [6.45, 7) is 0. The molecule has 0 aliphatic carbocycles. The first-order valence-electron chi connectivity index (χ1n) is 6.62.